The quantitative estimate of drug-likeness (QED) is 0.666. The summed E-state index contributed by atoms with van der Waals surface area (Å²) >= 11 is 11.4. The van der Waals surface area contributed by atoms with Crippen LogP contribution in [-0.2, 0) is 11.2 Å². The first-order chi connectivity index (χ1) is 10.5. The standard InChI is InChI=1S/C15H11Cl2FN2O2/c16-11-8-12(17)13(18)7-10(11)15(22)20-19-14(21)6-9-4-2-1-3-5-9/h1-5,7-8H,6H2,(H,19,21)(H,20,22). The monoisotopic (exact) mass is 340 g/mol. The topological polar surface area (TPSA) is 58.2 Å². The van der Waals surface area contributed by atoms with Gasteiger partial charge >= 0.3 is 0 Å². The predicted molar refractivity (Wildman–Crippen MR) is 82.2 cm³/mol. The second kappa shape index (κ2) is 7.24. The summed E-state index contributed by atoms with van der Waals surface area (Å²) in [6.07, 6.45) is 0.101. The molecule has 0 unspecified atom stereocenters. The van der Waals surface area contributed by atoms with Crippen LogP contribution in [0.15, 0.2) is 42.5 Å². The molecule has 0 bridgehead atoms. The second-order valence-electron chi connectivity index (χ2n) is 4.41. The molecule has 2 N–H and O–H groups in total. The van der Waals surface area contributed by atoms with Crippen LogP contribution in [-0.4, -0.2) is 11.8 Å². The van der Waals surface area contributed by atoms with Crippen molar-refractivity contribution in [1.29, 1.82) is 0 Å². The first kappa shape index (κ1) is 16.3. The van der Waals surface area contributed by atoms with Crippen molar-refractivity contribution >= 4 is 35.0 Å². The Morgan fingerprint density at radius 1 is 1.00 bits per heavy atom. The number of carbonyl (C=O) groups excluding carboxylic acids is 2. The fourth-order valence-corrected chi connectivity index (χ4v) is 2.18. The van der Waals surface area contributed by atoms with Gasteiger partial charge in [-0.15, -0.1) is 0 Å². The maximum Gasteiger partial charge on any atom is 0.271 e. The number of carbonyl (C=O) groups is 2. The summed E-state index contributed by atoms with van der Waals surface area (Å²) in [4.78, 5) is 23.6. The molecule has 2 amide bonds. The molecule has 0 atom stereocenters. The van der Waals surface area contributed by atoms with Crippen LogP contribution in [0.3, 0.4) is 0 Å². The number of hydrazine groups is 1. The lowest BCUT2D eigenvalue weighted by molar-refractivity contribution is -0.121. The van der Waals surface area contributed by atoms with Crippen LogP contribution >= 0.6 is 23.2 Å². The normalized spacial score (nSPS) is 10.1. The van der Waals surface area contributed by atoms with Crippen LogP contribution in [0.1, 0.15) is 15.9 Å². The Kier molecular flexibility index (Phi) is 5.35. The molecule has 0 heterocycles. The fourth-order valence-electron chi connectivity index (χ4n) is 1.72. The molecule has 2 aromatic rings. The minimum absolute atomic E-state index is 0.0128. The Bertz CT molecular complexity index is 708. The van der Waals surface area contributed by atoms with Gasteiger partial charge in [0.1, 0.15) is 5.82 Å². The van der Waals surface area contributed by atoms with Crippen molar-refractivity contribution in [3.05, 3.63) is 69.5 Å². The van der Waals surface area contributed by atoms with Crippen LogP contribution in [0.25, 0.3) is 0 Å². The molecule has 22 heavy (non-hydrogen) atoms. The Morgan fingerprint density at radius 3 is 2.36 bits per heavy atom. The molecule has 0 aliphatic heterocycles. The van der Waals surface area contributed by atoms with Crippen molar-refractivity contribution in [3.63, 3.8) is 0 Å². The van der Waals surface area contributed by atoms with Gasteiger partial charge in [0, 0.05) is 0 Å². The van der Waals surface area contributed by atoms with Crippen LogP contribution in [0.2, 0.25) is 10.0 Å². The molecule has 0 saturated heterocycles. The summed E-state index contributed by atoms with van der Waals surface area (Å²) < 4.78 is 13.3. The average molecular weight is 341 g/mol. The van der Waals surface area contributed by atoms with E-state index in [9.17, 15) is 14.0 Å². The van der Waals surface area contributed by atoms with E-state index >= 15 is 0 Å². The van der Waals surface area contributed by atoms with Crippen LogP contribution in [0.4, 0.5) is 4.39 Å². The van der Waals surface area contributed by atoms with Crippen LogP contribution in [0, 0.1) is 5.82 Å². The number of benzene rings is 2. The van der Waals surface area contributed by atoms with Gasteiger partial charge in [-0.05, 0) is 17.7 Å². The van der Waals surface area contributed by atoms with Gasteiger partial charge in [-0.1, -0.05) is 53.5 Å². The zero-order valence-electron chi connectivity index (χ0n) is 11.2. The van der Waals surface area contributed by atoms with E-state index in [1.54, 1.807) is 24.3 Å². The molecule has 0 fully saturated rings. The number of hydrogen-bond donors (Lipinski definition) is 2. The van der Waals surface area contributed by atoms with Gasteiger partial charge < -0.3 is 0 Å². The van der Waals surface area contributed by atoms with Gasteiger partial charge in [0.05, 0.1) is 22.0 Å². The summed E-state index contributed by atoms with van der Waals surface area (Å²) in [6.45, 7) is 0. The van der Waals surface area contributed by atoms with Gasteiger partial charge in [-0.25, -0.2) is 4.39 Å². The van der Waals surface area contributed by atoms with E-state index in [4.69, 9.17) is 23.2 Å². The summed E-state index contributed by atoms with van der Waals surface area (Å²) in [6, 6.07) is 11.0. The summed E-state index contributed by atoms with van der Waals surface area (Å²) in [5.74, 6) is -1.92. The number of rotatable bonds is 3. The van der Waals surface area contributed by atoms with E-state index in [0.717, 1.165) is 17.7 Å². The van der Waals surface area contributed by atoms with Crippen LogP contribution in [0.5, 0.6) is 0 Å². The Morgan fingerprint density at radius 2 is 1.68 bits per heavy atom. The van der Waals surface area contributed by atoms with E-state index in [1.807, 2.05) is 6.07 Å². The lowest BCUT2D eigenvalue weighted by Crippen LogP contribution is -2.42. The first-order valence-corrected chi connectivity index (χ1v) is 7.00. The second-order valence-corrected chi connectivity index (χ2v) is 5.23. The van der Waals surface area contributed by atoms with Gasteiger partial charge in [0.25, 0.3) is 5.91 Å². The molecule has 0 spiro atoms. The van der Waals surface area contributed by atoms with Crippen molar-refractivity contribution in [3.8, 4) is 0 Å². The molecule has 0 radical (unpaired) electrons. The zero-order valence-corrected chi connectivity index (χ0v) is 12.7. The third kappa shape index (κ3) is 4.19. The van der Waals surface area contributed by atoms with E-state index in [0.29, 0.717) is 0 Å². The number of amides is 2. The third-order valence-electron chi connectivity index (χ3n) is 2.78. The molecule has 114 valence electrons. The average Bonchev–Trinajstić information content (AvgIpc) is 2.49. The van der Waals surface area contributed by atoms with Crippen molar-refractivity contribution in [2.24, 2.45) is 0 Å². The van der Waals surface area contributed by atoms with E-state index in [1.165, 1.54) is 0 Å². The lowest BCUT2D eigenvalue weighted by atomic mass is 10.1. The summed E-state index contributed by atoms with van der Waals surface area (Å²) in [5.41, 5.74) is 5.09. The van der Waals surface area contributed by atoms with Gasteiger partial charge in [-0.3, -0.25) is 20.4 Å². The molecule has 0 saturated carbocycles. The highest BCUT2D eigenvalue weighted by Crippen LogP contribution is 2.24. The smallest absolute Gasteiger partial charge is 0.271 e. The van der Waals surface area contributed by atoms with Crippen molar-refractivity contribution in [2.45, 2.75) is 6.42 Å². The van der Waals surface area contributed by atoms with Crippen molar-refractivity contribution < 1.29 is 14.0 Å². The fraction of sp³-hybridized carbons (Fsp3) is 0.0667. The minimum Gasteiger partial charge on any atom is -0.273 e. The molecule has 2 aromatic carbocycles. The summed E-state index contributed by atoms with van der Waals surface area (Å²) in [7, 11) is 0. The zero-order chi connectivity index (χ0) is 16.1. The molecule has 4 nitrogen and oxygen atoms in total. The van der Waals surface area contributed by atoms with E-state index in [2.05, 4.69) is 10.9 Å². The Hall–Kier alpha value is -2.11. The maximum absolute atomic E-state index is 13.3. The molecule has 2 rings (SSSR count). The van der Waals surface area contributed by atoms with Gasteiger partial charge in [0.2, 0.25) is 5.91 Å². The third-order valence-corrected chi connectivity index (χ3v) is 3.38. The molecular weight excluding hydrogens is 330 g/mol. The Balaban J connectivity index is 1.95. The first-order valence-electron chi connectivity index (χ1n) is 6.25. The largest absolute Gasteiger partial charge is 0.273 e. The number of halogens is 3. The van der Waals surface area contributed by atoms with Gasteiger partial charge in [-0.2, -0.15) is 0 Å². The summed E-state index contributed by atoms with van der Waals surface area (Å²) in [5, 5.41) is -0.198. The van der Waals surface area contributed by atoms with Crippen molar-refractivity contribution in [2.75, 3.05) is 0 Å². The highest BCUT2D eigenvalue weighted by atomic mass is 35.5. The van der Waals surface area contributed by atoms with Gasteiger partial charge in [0.15, 0.2) is 0 Å². The van der Waals surface area contributed by atoms with E-state index < -0.39 is 17.6 Å². The Labute approximate surface area is 136 Å². The predicted octanol–water partition coefficient (Wildman–Crippen LogP) is 3.14. The highest BCUT2D eigenvalue weighted by molar-refractivity contribution is 6.36. The molecule has 0 aromatic heterocycles. The van der Waals surface area contributed by atoms with Crippen molar-refractivity contribution in [1.82, 2.24) is 10.9 Å². The SMILES string of the molecule is O=C(Cc1ccccc1)NNC(=O)c1cc(F)c(Cl)cc1Cl. The molecule has 0 aliphatic rings. The van der Waals surface area contributed by atoms with E-state index in [-0.39, 0.29) is 22.0 Å². The highest BCUT2D eigenvalue weighted by Gasteiger charge is 2.15. The molecule has 0 aliphatic carbocycles. The number of nitrogens with one attached hydrogen (secondary N) is 2. The molecular formula is C15H11Cl2FN2O2. The number of hydrogen-bond acceptors (Lipinski definition) is 2. The minimum atomic E-state index is -0.771. The molecule has 7 heteroatoms. The van der Waals surface area contributed by atoms with Crippen LogP contribution < -0.4 is 10.9 Å². The maximum atomic E-state index is 13.3. The lowest BCUT2D eigenvalue weighted by Gasteiger charge is -2.09.